The number of anilines is 1. The lowest BCUT2D eigenvalue weighted by Crippen LogP contribution is -2.13. The van der Waals surface area contributed by atoms with E-state index in [1.165, 1.54) is 6.39 Å². The molecule has 2 aromatic rings. The molecule has 7 heteroatoms. The Labute approximate surface area is 112 Å². The first kappa shape index (κ1) is 12.0. The minimum Gasteiger partial charge on any atom is -0.389 e. The topological polar surface area (TPSA) is 77.0 Å². The molecule has 0 saturated heterocycles. The zero-order chi connectivity index (χ0) is 12.3. The van der Waals surface area contributed by atoms with Gasteiger partial charge in [-0.15, -0.1) is 0 Å². The van der Waals surface area contributed by atoms with Gasteiger partial charge >= 0.3 is 0 Å². The van der Waals surface area contributed by atoms with Crippen molar-refractivity contribution in [2.45, 2.75) is 6.54 Å². The second-order valence-electron chi connectivity index (χ2n) is 3.26. The zero-order valence-electron chi connectivity index (χ0n) is 8.68. The van der Waals surface area contributed by atoms with Gasteiger partial charge in [-0.3, -0.25) is 0 Å². The average Bonchev–Trinajstić information content (AvgIpc) is 2.78. The van der Waals surface area contributed by atoms with Crippen LogP contribution in [0.4, 0.5) is 5.69 Å². The highest BCUT2D eigenvalue weighted by molar-refractivity contribution is 9.10. The molecular formula is C10H9BrN4OS. The standard InChI is InChI=1S/C10H9BrN4OS/c11-6-1-2-7(10(12)17)8(3-6)13-4-9-14-5-16-15-9/h1-3,5,13H,4H2,(H2,12,17). The van der Waals surface area contributed by atoms with Crippen molar-refractivity contribution in [2.75, 3.05) is 5.32 Å². The third-order valence-electron chi connectivity index (χ3n) is 2.09. The zero-order valence-corrected chi connectivity index (χ0v) is 11.1. The Balaban J connectivity index is 2.19. The lowest BCUT2D eigenvalue weighted by Gasteiger charge is -2.10. The Morgan fingerprint density at radius 3 is 3.00 bits per heavy atom. The van der Waals surface area contributed by atoms with Gasteiger partial charge in [0.1, 0.15) is 4.99 Å². The summed E-state index contributed by atoms with van der Waals surface area (Å²) in [6.07, 6.45) is 1.28. The molecule has 0 aliphatic heterocycles. The molecule has 0 bridgehead atoms. The first-order chi connectivity index (χ1) is 8.16. The third kappa shape index (κ3) is 3.01. The fourth-order valence-electron chi connectivity index (χ4n) is 1.32. The summed E-state index contributed by atoms with van der Waals surface area (Å²) in [5.74, 6) is 0.568. The molecule has 0 radical (unpaired) electrons. The average molecular weight is 313 g/mol. The maximum Gasteiger partial charge on any atom is 0.213 e. The van der Waals surface area contributed by atoms with Crippen LogP contribution >= 0.6 is 28.1 Å². The molecule has 0 spiro atoms. The highest BCUT2D eigenvalue weighted by atomic mass is 79.9. The molecule has 0 aliphatic carbocycles. The van der Waals surface area contributed by atoms with Gasteiger partial charge in [-0.25, -0.2) is 0 Å². The lowest BCUT2D eigenvalue weighted by molar-refractivity contribution is 0.411. The van der Waals surface area contributed by atoms with E-state index in [1.807, 2.05) is 18.2 Å². The van der Waals surface area contributed by atoms with E-state index in [2.05, 4.69) is 35.9 Å². The molecule has 0 amide bonds. The van der Waals surface area contributed by atoms with Crippen molar-refractivity contribution >= 4 is 38.8 Å². The maximum atomic E-state index is 5.64. The second kappa shape index (κ2) is 5.24. The molecule has 0 aliphatic rings. The summed E-state index contributed by atoms with van der Waals surface area (Å²) in [6.45, 7) is 0.447. The number of nitrogens with two attached hydrogens (primary N) is 1. The fourth-order valence-corrected chi connectivity index (χ4v) is 1.86. The summed E-state index contributed by atoms with van der Waals surface area (Å²) >= 11 is 8.37. The van der Waals surface area contributed by atoms with E-state index in [9.17, 15) is 0 Å². The number of hydrogen-bond donors (Lipinski definition) is 2. The summed E-state index contributed by atoms with van der Waals surface area (Å²) in [7, 11) is 0. The van der Waals surface area contributed by atoms with Crippen LogP contribution in [0.3, 0.4) is 0 Å². The number of hydrogen-bond acceptors (Lipinski definition) is 5. The van der Waals surface area contributed by atoms with E-state index in [0.717, 1.165) is 15.7 Å². The van der Waals surface area contributed by atoms with Gasteiger partial charge in [0.25, 0.3) is 0 Å². The molecule has 88 valence electrons. The van der Waals surface area contributed by atoms with Crippen molar-refractivity contribution in [1.29, 1.82) is 0 Å². The Bertz CT molecular complexity index is 529. The molecule has 2 rings (SSSR count). The van der Waals surface area contributed by atoms with Crippen LogP contribution in [0.1, 0.15) is 11.4 Å². The summed E-state index contributed by atoms with van der Waals surface area (Å²) in [5, 5.41) is 6.86. The first-order valence-electron chi connectivity index (χ1n) is 4.75. The van der Waals surface area contributed by atoms with Crippen LogP contribution in [0.15, 0.2) is 33.6 Å². The van der Waals surface area contributed by atoms with Crippen molar-refractivity contribution in [2.24, 2.45) is 5.73 Å². The van der Waals surface area contributed by atoms with Gasteiger partial charge in [0.15, 0.2) is 5.82 Å². The monoisotopic (exact) mass is 312 g/mol. The van der Waals surface area contributed by atoms with Crippen molar-refractivity contribution in [1.82, 2.24) is 10.1 Å². The Kier molecular flexibility index (Phi) is 3.70. The maximum absolute atomic E-state index is 5.64. The third-order valence-corrected chi connectivity index (χ3v) is 2.80. The second-order valence-corrected chi connectivity index (χ2v) is 4.61. The number of rotatable bonds is 4. The van der Waals surface area contributed by atoms with Crippen LogP contribution in [-0.2, 0) is 6.54 Å². The van der Waals surface area contributed by atoms with E-state index < -0.39 is 0 Å². The van der Waals surface area contributed by atoms with Crippen LogP contribution in [0.2, 0.25) is 0 Å². The molecular weight excluding hydrogens is 304 g/mol. The summed E-state index contributed by atoms with van der Waals surface area (Å²) in [5.41, 5.74) is 7.25. The highest BCUT2D eigenvalue weighted by Gasteiger charge is 2.06. The minimum atomic E-state index is 0.341. The Hall–Kier alpha value is -1.47. The van der Waals surface area contributed by atoms with Crippen molar-refractivity contribution < 1.29 is 4.52 Å². The number of halogens is 1. The van der Waals surface area contributed by atoms with Gasteiger partial charge in [0.2, 0.25) is 6.39 Å². The van der Waals surface area contributed by atoms with Gasteiger partial charge in [0, 0.05) is 15.7 Å². The molecule has 17 heavy (non-hydrogen) atoms. The summed E-state index contributed by atoms with van der Waals surface area (Å²) in [4.78, 5) is 4.25. The summed E-state index contributed by atoms with van der Waals surface area (Å²) in [6, 6.07) is 5.63. The number of nitrogens with zero attached hydrogens (tertiary/aromatic N) is 2. The van der Waals surface area contributed by atoms with Gasteiger partial charge in [-0.05, 0) is 18.2 Å². The fraction of sp³-hybridized carbons (Fsp3) is 0.100. The molecule has 1 heterocycles. The van der Waals surface area contributed by atoms with Crippen LogP contribution in [0.25, 0.3) is 0 Å². The molecule has 1 aromatic heterocycles. The van der Waals surface area contributed by atoms with Crippen molar-refractivity contribution in [3.63, 3.8) is 0 Å². The van der Waals surface area contributed by atoms with E-state index in [-0.39, 0.29) is 0 Å². The van der Waals surface area contributed by atoms with E-state index in [1.54, 1.807) is 0 Å². The number of thiocarbonyl (C=S) groups is 1. The van der Waals surface area contributed by atoms with E-state index in [4.69, 9.17) is 18.0 Å². The van der Waals surface area contributed by atoms with Crippen LogP contribution < -0.4 is 11.1 Å². The minimum absolute atomic E-state index is 0.341. The predicted octanol–water partition coefficient (Wildman–Crippen LogP) is 2.08. The quantitative estimate of drug-likeness (QED) is 0.842. The van der Waals surface area contributed by atoms with Crippen LogP contribution in [-0.4, -0.2) is 15.1 Å². The van der Waals surface area contributed by atoms with Crippen LogP contribution in [0, 0.1) is 0 Å². The summed E-state index contributed by atoms with van der Waals surface area (Å²) < 4.78 is 5.58. The van der Waals surface area contributed by atoms with Gasteiger partial charge in [0.05, 0.1) is 6.54 Å². The lowest BCUT2D eigenvalue weighted by atomic mass is 10.2. The normalized spacial score (nSPS) is 10.2. The molecule has 1 aromatic carbocycles. The smallest absolute Gasteiger partial charge is 0.213 e. The molecule has 3 N–H and O–H groups in total. The Morgan fingerprint density at radius 2 is 2.35 bits per heavy atom. The van der Waals surface area contributed by atoms with E-state index in [0.29, 0.717) is 17.4 Å². The van der Waals surface area contributed by atoms with Crippen molar-refractivity contribution in [3.8, 4) is 0 Å². The molecule has 0 atom stereocenters. The largest absolute Gasteiger partial charge is 0.389 e. The van der Waals surface area contributed by atoms with Gasteiger partial charge < -0.3 is 15.6 Å². The van der Waals surface area contributed by atoms with Gasteiger partial charge in [-0.2, -0.15) is 4.98 Å². The Morgan fingerprint density at radius 1 is 1.53 bits per heavy atom. The van der Waals surface area contributed by atoms with Crippen molar-refractivity contribution in [3.05, 3.63) is 40.5 Å². The molecule has 0 unspecified atom stereocenters. The van der Waals surface area contributed by atoms with Gasteiger partial charge in [-0.1, -0.05) is 33.3 Å². The molecule has 0 fully saturated rings. The van der Waals surface area contributed by atoms with Crippen LogP contribution in [0.5, 0.6) is 0 Å². The number of benzene rings is 1. The predicted molar refractivity (Wildman–Crippen MR) is 71.7 cm³/mol. The highest BCUT2D eigenvalue weighted by Crippen LogP contribution is 2.21. The number of aromatic nitrogens is 2. The SMILES string of the molecule is NC(=S)c1ccc(Br)cc1NCc1ncon1. The molecule has 5 nitrogen and oxygen atoms in total. The molecule has 0 saturated carbocycles. The number of nitrogens with one attached hydrogen (secondary N) is 1. The first-order valence-corrected chi connectivity index (χ1v) is 5.95. The van der Waals surface area contributed by atoms with E-state index >= 15 is 0 Å².